The largest absolute Gasteiger partial charge is 0.504 e. The molecule has 1 N–H and O–H groups in total. The van der Waals surface area contributed by atoms with Gasteiger partial charge in [0.15, 0.2) is 17.1 Å². The van der Waals surface area contributed by atoms with Gasteiger partial charge in [-0.05, 0) is 61.5 Å². The molecule has 0 fully saturated rings. The van der Waals surface area contributed by atoms with Gasteiger partial charge in [0.1, 0.15) is 11.3 Å². The van der Waals surface area contributed by atoms with Crippen LogP contribution in [-0.2, 0) is 0 Å². The number of oxazole rings is 1. The number of rotatable bonds is 6. The molecule has 29 heavy (non-hydrogen) atoms. The van der Waals surface area contributed by atoms with Crippen LogP contribution in [0.15, 0.2) is 70.1 Å². The van der Waals surface area contributed by atoms with E-state index in [1.54, 1.807) is 24.4 Å². The molecule has 0 atom stereocenters. The van der Waals surface area contributed by atoms with Gasteiger partial charge in [-0.25, -0.2) is 4.98 Å². The van der Waals surface area contributed by atoms with Crippen molar-refractivity contribution in [1.82, 2.24) is 4.98 Å². The highest BCUT2D eigenvalue weighted by molar-refractivity contribution is 5.88. The number of hydrogen-bond donors (Lipinski definition) is 1. The monoisotopic (exact) mass is 388 g/mol. The lowest BCUT2D eigenvalue weighted by Crippen LogP contribution is -1.90. The van der Waals surface area contributed by atoms with Crippen LogP contribution in [0.3, 0.4) is 0 Å². The van der Waals surface area contributed by atoms with Gasteiger partial charge in [0.2, 0.25) is 5.89 Å². The number of aromatic hydroxyl groups is 1. The van der Waals surface area contributed by atoms with Crippen LogP contribution in [0.2, 0.25) is 0 Å². The lowest BCUT2D eigenvalue weighted by Gasteiger charge is -2.04. The molecule has 4 rings (SSSR count). The van der Waals surface area contributed by atoms with Crippen molar-refractivity contribution in [3.05, 3.63) is 66.2 Å². The number of phenolic OH excluding ortho intramolecular Hbond substituents is 1. The van der Waals surface area contributed by atoms with Crippen LogP contribution in [0, 0.1) is 0 Å². The number of phenols is 1. The van der Waals surface area contributed by atoms with Crippen molar-refractivity contribution in [2.75, 3.05) is 13.7 Å². The van der Waals surface area contributed by atoms with E-state index < -0.39 is 0 Å². The number of nitrogens with zero attached hydrogens (tertiary/aromatic N) is 2. The highest BCUT2D eigenvalue weighted by Crippen LogP contribution is 2.30. The van der Waals surface area contributed by atoms with Gasteiger partial charge < -0.3 is 19.0 Å². The molecule has 1 aromatic heterocycles. The second-order valence-electron chi connectivity index (χ2n) is 6.28. The fraction of sp³-hybridized carbons (Fsp3) is 0.130. The summed E-state index contributed by atoms with van der Waals surface area (Å²) >= 11 is 0. The van der Waals surface area contributed by atoms with Gasteiger partial charge in [0, 0.05) is 17.3 Å². The second kappa shape index (κ2) is 8.06. The van der Waals surface area contributed by atoms with Gasteiger partial charge in [-0.15, -0.1) is 0 Å². The van der Waals surface area contributed by atoms with Gasteiger partial charge >= 0.3 is 0 Å². The first-order chi connectivity index (χ1) is 14.2. The SMILES string of the molecule is CCOc1ccc(-c2nc3cc(N=Cc4cccc(OC)c4O)ccc3o2)cc1. The number of hydrogen-bond acceptors (Lipinski definition) is 6. The minimum atomic E-state index is 0.0547. The fourth-order valence-corrected chi connectivity index (χ4v) is 2.93. The van der Waals surface area contributed by atoms with E-state index in [1.807, 2.05) is 49.4 Å². The highest BCUT2D eigenvalue weighted by Gasteiger charge is 2.09. The molecule has 0 saturated carbocycles. The summed E-state index contributed by atoms with van der Waals surface area (Å²) in [5.41, 5.74) is 3.53. The second-order valence-corrected chi connectivity index (χ2v) is 6.28. The van der Waals surface area contributed by atoms with Crippen LogP contribution in [0.25, 0.3) is 22.6 Å². The molecule has 0 bridgehead atoms. The van der Waals surface area contributed by atoms with Gasteiger partial charge in [0.25, 0.3) is 0 Å². The Bertz CT molecular complexity index is 1160. The lowest BCUT2D eigenvalue weighted by atomic mass is 10.2. The van der Waals surface area contributed by atoms with Crippen LogP contribution < -0.4 is 9.47 Å². The Morgan fingerprint density at radius 3 is 2.69 bits per heavy atom. The molecule has 4 aromatic rings. The molecule has 6 nitrogen and oxygen atoms in total. The first-order valence-electron chi connectivity index (χ1n) is 9.22. The lowest BCUT2D eigenvalue weighted by molar-refractivity contribution is 0.340. The minimum absolute atomic E-state index is 0.0547. The number of aliphatic imine (C=N–C) groups is 1. The van der Waals surface area contributed by atoms with Crippen molar-refractivity contribution in [1.29, 1.82) is 0 Å². The van der Waals surface area contributed by atoms with Crippen LogP contribution >= 0.6 is 0 Å². The summed E-state index contributed by atoms with van der Waals surface area (Å²) in [6, 6.07) is 18.4. The summed E-state index contributed by atoms with van der Waals surface area (Å²) < 4.78 is 16.4. The Hall–Kier alpha value is -3.80. The number of para-hydroxylation sites is 1. The zero-order chi connectivity index (χ0) is 20.2. The van der Waals surface area contributed by atoms with Gasteiger partial charge in [-0.2, -0.15) is 0 Å². The highest BCUT2D eigenvalue weighted by atomic mass is 16.5. The van der Waals surface area contributed by atoms with Crippen molar-refractivity contribution < 1.29 is 19.0 Å². The molecular weight excluding hydrogens is 368 g/mol. The summed E-state index contributed by atoms with van der Waals surface area (Å²) in [5.74, 6) is 1.80. The Morgan fingerprint density at radius 2 is 1.93 bits per heavy atom. The third-order valence-corrected chi connectivity index (χ3v) is 4.39. The average Bonchev–Trinajstić information content (AvgIpc) is 3.17. The van der Waals surface area contributed by atoms with E-state index in [0.29, 0.717) is 40.6 Å². The Balaban J connectivity index is 1.60. The number of methoxy groups -OCH3 is 1. The third-order valence-electron chi connectivity index (χ3n) is 4.39. The van der Waals surface area contributed by atoms with Crippen molar-refractivity contribution in [2.45, 2.75) is 6.92 Å². The Labute approximate surface area is 168 Å². The quantitative estimate of drug-likeness (QED) is 0.450. The molecule has 0 spiro atoms. The summed E-state index contributed by atoms with van der Waals surface area (Å²) in [6.45, 7) is 2.57. The molecule has 146 valence electrons. The zero-order valence-electron chi connectivity index (χ0n) is 16.1. The maximum atomic E-state index is 10.2. The molecule has 0 aliphatic carbocycles. The zero-order valence-corrected chi connectivity index (χ0v) is 16.1. The summed E-state index contributed by atoms with van der Waals surface area (Å²) in [4.78, 5) is 9.01. The van der Waals surface area contributed by atoms with Crippen LogP contribution in [0.1, 0.15) is 12.5 Å². The first-order valence-corrected chi connectivity index (χ1v) is 9.22. The number of benzene rings is 3. The van der Waals surface area contributed by atoms with Crippen molar-refractivity contribution in [3.8, 4) is 28.7 Å². The Morgan fingerprint density at radius 1 is 1.10 bits per heavy atom. The molecule has 0 radical (unpaired) electrons. The smallest absolute Gasteiger partial charge is 0.227 e. The van der Waals surface area contributed by atoms with Gasteiger partial charge in [-0.3, -0.25) is 4.99 Å². The average molecular weight is 388 g/mol. The molecule has 1 heterocycles. The van der Waals surface area contributed by atoms with E-state index in [2.05, 4.69) is 9.98 Å². The number of ether oxygens (including phenoxy) is 2. The molecule has 6 heteroatoms. The minimum Gasteiger partial charge on any atom is -0.504 e. The summed E-state index contributed by atoms with van der Waals surface area (Å²) in [6.07, 6.45) is 1.59. The number of fused-ring (bicyclic) bond motifs is 1. The van der Waals surface area contributed by atoms with E-state index in [1.165, 1.54) is 7.11 Å². The van der Waals surface area contributed by atoms with Crippen molar-refractivity contribution in [3.63, 3.8) is 0 Å². The van der Waals surface area contributed by atoms with E-state index in [0.717, 1.165) is 11.3 Å². The molecule has 3 aromatic carbocycles. The van der Waals surface area contributed by atoms with Crippen LogP contribution in [0.4, 0.5) is 5.69 Å². The Kier molecular flexibility index (Phi) is 5.16. The van der Waals surface area contributed by atoms with Crippen molar-refractivity contribution >= 4 is 23.0 Å². The molecule has 0 unspecified atom stereocenters. The van der Waals surface area contributed by atoms with E-state index in [-0.39, 0.29) is 5.75 Å². The summed E-state index contributed by atoms with van der Waals surface area (Å²) in [7, 11) is 1.51. The normalized spacial score (nSPS) is 11.2. The van der Waals surface area contributed by atoms with E-state index >= 15 is 0 Å². The molecule has 0 amide bonds. The molecular formula is C23H20N2O4. The summed E-state index contributed by atoms with van der Waals surface area (Å²) in [5, 5.41) is 10.2. The molecule has 0 aliphatic heterocycles. The maximum Gasteiger partial charge on any atom is 0.227 e. The standard InChI is InChI=1S/C23H20N2O4/c1-3-28-18-10-7-15(8-11-18)23-25-19-13-17(9-12-20(19)29-23)24-14-16-5-4-6-21(27-2)22(16)26/h4-14,26H,3H2,1-2H3. The predicted molar refractivity (Wildman–Crippen MR) is 113 cm³/mol. The van der Waals surface area contributed by atoms with Crippen LogP contribution in [0.5, 0.6) is 17.2 Å². The predicted octanol–water partition coefficient (Wildman–Crippen LogP) is 5.36. The molecule has 0 aliphatic rings. The van der Waals surface area contributed by atoms with E-state index in [9.17, 15) is 5.11 Å². The van der Waals surface area contributed by atoms with Gasteiger partial charge in [-0.1, -0.05) is 6.07 Å². The number of aromatic nitrogens is 1. The maximum absolute atomic E-state index is 10.2. The first kappa shape index (κ1) is 18.6. The molecule has 0 saturated heterocycles. The topological polar surface area (TPSA) is 77.1 Å². The van der Waals surface area contributed by atoms with Crippen LogP contribution in [-0.4, -0.2) is 30.0 Å². The van der Waals surface area contributed by atoms with Crippen molar-refractivity contribution in [2.24, 2.45) is 4.99 Å². The van der Waals surface area contributed by atoms with Gasteiger partial charge in [0.05, 0.1) is 19.4 Å². The third kappa shape index (κ3) is 3.91. The fourth-order valence-electron chi connectivity index (χ4n) is 2.93. The van der Waals surface area contributed by atoms with E-state index in [4.69, 9.17) is 13.9 Å².